The standard InChI is InChI=1S/C16H16FNO/c1-10-3-8-15(18-9-10)19-14-7-6-13(17)16-11(2)4-5-12(14)16/h3,6-9,11H,4-5H2,1-2H3. The molecule has 0 fully saturated rings. The van der Waals surface area contributed by atoms with E-state index < -0.39 is 0 Å². The largest absolute Gasteiger partial charge is 0.439 e. The van der Waals surface area contributed by atoms with Crippen LogP contribution < -0.4 is 4.74 Å². The maximum atomic E-state index is 13.8. The third kappa shape index (κ3) is 2.21. The molecule has 1 heterocycles. The molecule has 1 aliphatic rings. The molecule has 19 heavy (non-hydrogen) atoms. The second kappa shape index (κ2) is 4.65. The first-order valence-corrected chi connectivity index (χ1v) is 6.57. The monoisotopic (exact) mass is 257 g/mol. The van der Waals surface area contributed by atoms with Crippen LogP contribution in [0.4, 0.5) is 4.39 Å². The Morgan fingerprint density at radius 2 is 2.11 bits per heavy atom. The summed E-state index contributed by atoms with van der Waals surface area (Å²) in [5, 5.41) is 0. The first kappa shape index (κ1) is 12.2. The molecule has 1 aromatic heterocycles. The molecule has 0 spiro atoms. The number of ether oxygens (including phenoxy) is 1. The van der Waals surface area contributed by atoms with Gasteiger partial charge in [-0.2, -0.15) is 0 Å². The lowest BCUT2D eigenvalue weighted by Gasteiger charge is -2.11. The number of hydrogen-bond donors (Lipinski definition) is 0. The molecular formula is C16H16FNO. The van der Waals surface area contributed by atoms with E-state index in [2.05, 4.69) is 11.9 Å². The fourth-order valence-electron chi connectivity index (χ4n) is 2.63. The van der Waals surface area contributed by atoms with Crippen molar-refractivity contribution in [3.63, 3.8) is 0 Å². The topological polar surface area (TPSA) is 22.1 Å². The van der Waals surface area contributed by atoms with Gasteiger partial charge in [-0.25, -0.2) is 9.37 Å². The summed E-state index contributed by atoms with van der Waals surface area (Å²) in [6.45, 7) is 4.04. The number of halogens is 1. The van der Waals surface area contributed by atoms with E-state index in [0.29, 0.717) is 5.88 Å². The van der Waals surface area contributed by atoms with Gasteiger partial charge < -0.3 is 4.74 Å². The average Bonchev–Trinajstić information content (AvgIpc) is 2.79. The summed E-state index contributed by atoms with van der Waals surface area (Å²) in [7, 11) is 0. The highest BCUT2D eigenvalue weighted by Crippen LogP contribution is 2.40. The zero-order valence-electron chi connectivity index (χ0n) is 11.1. The van der Waals surface area contributed by atoms with Gasteiger partial charge in [-0.15, -0.1) is 0 Å². The summed E-state index contributed by atoms with van der Waals surface area (Å²) < 4.78 is 19.6. The van der Waals surface area contributed by atoms with E-state index in [4.69, 9.17) is 4.74 Å². The van der Waals surface area contributed by atoms with Gasteiger partial charge in [0.2, 0.25) is 5.88 Å². The summed E-state index contributed by atoms with van der Waals surface area (Å²) in [5.74, 6) is 1.44. The molecule has 0 amide bonds. The van der Waals surface area contributed by atoms with Gasteiger partial charge in [-0.05, 0) is 48.9 Å². The van der Waals surface area contributed by atoms with Crippen LogP contribution >= 0.6 is 0 Å². The van der Waals surface area contributed by atoms with Gasteiger partial charge >= 0.3 is 0 Å². The number of aryl methyl sites for hydroxylation is 1. The third-order valence-electron chi connectivity index (χ3n) is 3.68. The number of aromatic nitrogens is 1. The summed E-state index contributed by atoms with van der Waals surface area (Å²) in [6.07, 6.45) is 3.62. The Morgan fingerprint density at radius 3 is 2.84 bits per heavy atom. The lowest BCUT2D eigenvalue weighted by molar-refractivity contribution is 0.455. The zero-order valence-corrected chi connectivity index (χ0v) is 11.1. The number of benzene rings is 1. The molecule has 2 nitrogen and oxygen atoms in total. The Balaban J connectivity index is 1.96. The Hall–Kier alpha value is -1.90. The smallest absolute Gasteiger partial charge is 0.219 e. The number of fused-ring (bicyclic) bond motifs is 1. The normalized spacial score (nSPS) is 17.3. The third-order valence-corrected chi connectivity index (χ3v) is 3.68. The highest BCUT2D eigenvalue weighted by molar-refractivity contribution is 5.47. The van der Waals surface area contributed by atoms with Crippen molar-refractivity contribution >= 4 is 0 Å². The van der Waals surface area contributed by atoms with Gasteiger partial charge in [-0.1, -0.05) is 13.0 Å². The van der Waals surface area contributed by atoms with Crippen molar-refractivity contribution < 1.29 is 9.13 Å². The van der Waals surface area contributed by atoms with Gasteiger partial charge in [-0.3, -0.25) is 0 Å². The van der Waals surface area contributed by atoms with Crippen molar-refractivity contribution in [2.75, 3.05) is 0 Å². The quantitative estimate of drug-likeness (QED) is 0.797. The minimum Gasteiger partial charge on any atom is -0.439 e. The van der Waals surface area contributed by atoms with Crippen LogP contribution in [0.15, 0.2) is 30.5 Å². The van der Waals surface area contributed by atoms with Crippen molar-refractivity contribution in [3.8, 4) is 11.6 Å². The number of hydrogen-bond acceptors (Lipinski definition) is 2. The van der Waals surface area contributed by atoms with Crippen LogP contribution in [0.1, 0.15) is 36.0 Å². The van der Waals surface area contributed by atoms with E-state index >= 15 is 0 Å². The lowest BCUT2D eigenvalue weighted by atomic mass is 10.0. The van der Waals surface area contributed by atoms with Crippen LogP contribution in [-0.4, -0.2) is 4.98 Å². The molecule has 0 saturated heterocycles. The van der Waals surface area contributed by atoms with E-state index in [1.54, 1.807) is 12.3 Å². The minimum atomic E-state index is -0.121. The Morgan fingerprint density at radius 1 is 1.26 bits per heavy atom. The van der Waals surface area contributed by atoms with Crippen LogP contribution in [-0.2, 0) is 6.42 Å². The summed E-state index contributed by atoms with van der Waals surface area (Å²) in [6, 6.07) is 6.98. The molecule has 98 valence electrons. The molecule has 2 aromatic rings. The summed E-state index contributed by atoms with van der Waals surface area (Å²) in [4.78, 5) is 4.22. The van der Waals surface area contributed by atoms with Gasteiger partial charge in [0, 0.05) is 17.8 Å². The molecule has 3 rings (SSSR count). The molecule has 0 N–H and O–H groups in total. The first-order valence-electron chi connectivity index (χ1n) is 6.57. The molecule has 1 unspecified atom stereocenters. The maximum Gasteiger partial charge on any atom is 0.219 e. The average molecular weight is 257 g/mol. The van der Waals surface area contributed by atoms with Crippen LogP contribution in [0.25, 0.3) is 0 Å². The molecular weight excluding hydrogens is 241 g/mol. The van der Waals surface area contributed by atoms with E-state index in [0.717, 1.165) is 35.3 Å². The Kier molecular flexibility index (Phi) is 2.97. The summed E-state index contributed by atoms with van der Waals surface area (Å²) >= 11 is 0. The molecule has 1 aliphatic carbocycles. The molecule has 1 atom stereocenters. The van der Waals surface area contributed by atoms with Crippen molar-refractivity contribution in [3.05, 3.63) is 53.0 Å². The second-order valence-electron chi connectivity index (χ2n) is 5.15. The fourth-order valence-corrected chi connectivity index (χ4v) is 2.63. The van der Waals surface area contributed by atoms with Crippen LogP contribution in [0, 0.1) is 12.7 Å². The maximum absolute atomic E-state index is 13.8. The lowest BCUT2D eigenvalue weighted by Crippen LogP contribution is -1.96. The predicted octanol–water partition coefficient (Wildman–Crippen LogP) is 4.37. The Labute approximate surface area is 112 Å². The first-order chi connectivity index (χ1) is 9.15. The second-order valence-corrected chi connectivity index (χ2v) is 5.15. The highest BCUT2D eigenvalue weighted by atomic mass is 19.1. The van der Waals surface area contributed by atoms with E-state index in [-0.39, 0.29) is 11.7 Å². The van der Waals surface area contributed by atoms with E-state index in [9.17, 15) is 4.39 Å². The molecule has 0 bridgehead atoms. The highest BCUT2D eigenvalue weighted by Gasteiger charge is 2.26. The van der Waals surface area contributed by atoms with Gasteiger partial charge in [0.15, 0.2) is 0 Å². The fraction of sp³-hybridized carbons (Fsp3) is 0.312. The minimum absolute atomic E-state index is 0.121. The SMILES string of the molecule is Cc1ccc(Oc2ccc(F)c3c2CCC3C)nc1. The molecule has 0 saturated carbocycles. The van der Waals surface area contributed by atoms with Crippen LogP contribution in [0.5, 0.6) is 11.6 Å². The Bertz CT molecular complexity index is 607. The predicted molar refractivity (Wildman–Crippen MR) is 72.2 cm³/mol. The van der Waals surface area contributed by atoms with Gasteiger partial charge in [0.25, 0.3) is 0 Å². The van der Waals surface area contributed by atoms with Gasteiger partial charge in [0.1, 0.15) is 11.6 Å². The zero-order chi connectivity index (χ0) is 13.4. The van der Waals surface area contributed by atoms with Gasteiger partial charge in [0.05, 0.1) is 0 Å². The van der Waals surface area contributed by atoms with Crippen molar-refractivity contribution in [1.29, 1.82) is 0 Å². The molecule has 1 aromatic carbocycles. The molecule has 0 aliphatic heterocycles. The molecule has 3 heteroatoms. The number of nitrogens with zero attached hydrogens (tertiary/aromatic N) is 1. The number of pyridine rings is 1. The molecule has 0 radical (unpaired) electrons. The van der Waals surface area contributed by atoms with E-state index in [1.807, 2.05) is 19.1 Å². The number of rotatable bonds is 2. The van der Waals surface area contributed by atoms with Crippen molar-refractivity contribution in [1.82, 2.24) is 4.98 Å². The van der Waals surface area contributed by atoms with Crippen molar-refractivity contribution in [2.45, 2.75) is 32.6 Å². The van der Waals surface area contributed by atoms with Crippen LogP contribution in [0.2, 0.25) is 0 Å². The summed E-state index contributed by atoms with van der Waals surface area (Å²) in [5.41, 5.74) is 2.89. The van der Waals surface area contributed by atoms with Crippen molar-refractivity contribution in [2.24, 2.45) is 0 Å². The van der Waals surface area contributed by atoms with E-state index in [1.165, 1.54) is 6.07 Å². The van der Waals surface area contributed by atoms with Crippen LogP contribution in [0.3, 0.4) is 0 Å².